The molecule has 5 nitrogen and oxygen atoms in total. The van der Waals surface area contributed by atoms with Crippen molar-refractivity contribution in [1.82, 2.24) is 9.78 Å². The van der Waals surface area contributed by atoms with Crippen molar-refractivity contribution in [1.29, 1.82) is 0 Å². The first kappa shape index (κ1) is 15.9. The summed E-state index contributed by atoms with van der Waals surface area (Å²) >= 11 is 17.9. The molecule has 0 aliphatic heterocycles. The van der Waals surface area contributed by atoms with Gasteiger partial charge in [-0.3, -0.25) is 9.48 Å². The Morgan fingerprint density at radius 3 is 2.38 bits per heavy atom. The van der Waals surface area contributed by atoms with Crippen molar-refractivity contribution in [3.05, 3.63) is 38.6 Å². The Labute approximate surface area is 137 Å². The number of hydrogen-bond acceptors (Lipinski definition) is 3. The van der Waals surface area contributed by atoms with Crippen LogP contribution in [0.15, 0.2) is 12.1 Å². The summed E-state index contributed by atoms with van der Waals surface area (Å²) in [5.74, 6) is -0.437. The molecule has 2 rings (SSSR count). The number of aromatic nitrogens is 2. The van der Waals surface area contributed by atoms with Crippen LogP contribution >= 0.6 is 34.8 Å². The molecule has 112 valence electrons. The molecule has 8 heteroatoms. The van der Waals surface area contributed by atoms with E-state index in [4.69, 9.17) is 40.5 Å². The van der Waals surface area contributed by atoms with Crippen molar-refractivity contribution in [3.8, 4) is 0 Å². The number of anilines is 2. The van der Waals surface area contributed by atoms with Crippen molar-refractivity contribution >= 4 is 52.1 Å². The van der Waals surface area contributed by atoms with Gasteiger partial charge in [0.2, 0.25) is 0 Å². The van der Waals surface area contributed by atoms with Crippen molar-refractivity contribution in [2.24, 2.45) is 7.05 Å². The van der Waals surface area contributed by atoms with Gasteiger partial charge >= 0.3 is 0 Å². The summed E-state index contributed by atoms with van der Waals surface area (Å²) in [6.07, 6.45) is 0.634. The van der Waals surface area contributed by atoms with Crippen LogP contribution in [0.1, 0.15) is 23.1 Å². The van der Waals surface area contributed by atoms with Crippen LogP contribution in [0.5, 0.6) is 0 Å². The highest BCUT2D eigenvalue weighted by atomic mass is 35.5. The van der Waals surface area contributed by atoms with Gasteiger partial charge < -0.3 is 11.1 Å². The fourth-order valence-electron chi connectivity index (χ4n) is 1.96. The Kier molecular flexibility index (Phi) is 4.66. The van der Waals surface area contributed by atoms with Crippen molar-refractivity contribution in [2.45, 2.75) is 13.3 Å². The third-order valence-corrected chi connectivity index (χ3v) is 3.77. The number of nitrogens with zero attached hydrogens (tertiary/aromatic N) is 2. The van der Waals surface area contributed by atoms with Crippen LogP contribution in [0.4, 0.5) is 11.4 Å². The number of aryl methyl sites for hydroxylation is 2. The lowest BCUT2D eigenvalue weighted by atomic mass is 10.2. The number of nitrogen functional groups attached to an aromatic ring is 1. The predicted molar refractivity (Wildman–Crippen MR) is 86.4 cm³/mol. The first-order valence-electron chi connectivity index (χ1n) is 6.12. The molecule has 0 fully saturated rings. The van der Waals surface area contributed by atoms with E-state index in [0.717, 1.165) is 0 Å². The monoisotopic (exact) mass is 346 g/mol. The smallest absolute Gasteiger partial charge is 0.276 e. The summed E-state index contributed by atoms with van der Waals surface area (Å²) in [7, 11) is 1.65. The first-order valence-corrected chi connectivity index (χ1v) is 7.25. The predicted octanol–water partition coefficient (Wildman–Crippen LogP) is 3.78. The van der Waals surface area contributed by atoms with E-state index in [-0.39, 0.29) is 21.4 Å². The van der Waals surface area contributed by atoms with Crippen LogP contribution in [-0.2, 0) is 13.5 Å². The maximum absolute atomic E-state index is 12.4. The molecule has 0 aliphatic rings. The van der Waals surface area contributed by atoms with Gasteiger partial charge in [-0.05, 0) is 18.6 Å². The minimum atomic E-state index is -0.437. The van der Waals surface area contributed by atoms with Crippen LogP contribution < -0.4 is 11.1 Å². The van der Waals surface area contributed by atoms with Crippen molar-refractivity contribution in [2.75, 3.05) is 11.1 Å². The number of nitrogens with one attached hydrogen (secondary N) is 1. The molecule has 0 bridgehead atoms. The Morgan fingerprint density at radius 1 is 1.33 bits per heavy atom. The van der Waals surface area contributed by atoms with Crippen molar-refractivity contribution < 1.29 is 4.79 Å². The molecule has 1 heterocycles. The molecule has 0 atom stereocenters. The molecule has 0 saturated heterocycles. The minimum Gasteiger partial charge on any atom is -0.395 e. The SMILES string of the molecule is CCc1nn(C)c(C(=O)Nc2c(Cl)cc(Cl)cc2Cl)c1N. The maximum Gasteiger partial charge on any atom is 0.276 e. The van der Waals surface area contributed by atoms with E-state index in [9.17, 15) is 4.79 Å². The number of benzene rings is 1. The van der Waals surface area contributed by atoms with Crippen LogP contribution in [0.2, 0.25) is 15.1 Å². The lowest BCUT2D eigenvalue weighted by Gasteiger charge is -2.10. The van der Waals surface area contributed by atoms with E-state index in [1.165, 1.54) is 16.8 Å². The van der Waals surface area contributed by atoms with Crippen LogP contribution in [0.25, 0.3) is 0 Å². The van der Waals surface area contributed by atoms with E-state index < -0.39 is 5.91 Å². The number of nitrogens with two attached hydrogens (primary N) is 1. The third kappa shape index (κ3) is 3.10. The van der Waals surface area contributed by atoms with E-state index in [2.05, 4.69) is 10.4 Å². The zero-order valence-corrected chi connectivity index (χ0v) is 13.6. The highest BCUT2D eigenvalue weighted by Gasteiger charge is 2.21. The number of rotatable bonds is 3. The van der Waals surface area contributed by atoms with Gasteiger partial charge in [0.25, 0.3) is 5.91 Å². The standard InChI is InChI=1S/C13H13Cl3N4O/c1-3-9-10(17)12(20(2)19-9)13(21)18-11-7(15)4-6(14)5-8(11)16/h4-5H,3,17H2,1-2H3,(H,18,21). The topological polar surface area (TPSA) is 72.9 Å². The van der Waals surface area contributed by atoms with E-state index in [0.29, 0.717) is 22.8 Å². The summed E-state index contributed by atoms with van der Waals surface area (Å²) in [6, 6.07) is 2.99. The molecular formula is C13H13Cl3N4O. The molecule has 1 aromatic heterocycles. The van der Waals surface area contributed by atoms with Crippen molar-refractivity contribution in [3.63, 3.8) is 0 Å². The molecule has 3 N–H and O–H groups in total. The molecule has 2 aromatic rings. The maximum atomic E-state index is 12.4. The Morgan fingerprint density at radius 2 is 1.90 bits per heavy atom. The summed E-state index contributed by atoms with van der Waals surface area (Å²) < 4.78 is 1.43. The Balaban J connectivity index is 2.37. The molecule has 0 aliphatic carbocycles. The average Bonchev–Trinajstić information content (AvgIpc) is 2.68. The summed E-state index contributed by atoms with van der Waals surface area (Å²) in [5, 5.41) is 7.71. The Bertz CT molecular complexity index is 689. The van der Waals surface area contributed by atoms with Gasteiger partial charge in [-0.25, -0.2) is 0 Å². The van der Waals surface area contributed by atoms with Gasteiger partial charge in [-0.1, -0.05) is 41.7 Å². The summed E-state index contributed by atoms with van der Waals surface area (Å²) in [6.45, 7) is 1.91. The van der Waals surface area contributed by atoms with Gasteiger partial charge in [0.05, 0.1) is 27.1 Å². The number of carbonyl (C=O) groups is 1. The lowest BCUT2D eigenvalue weighted by molar-refractivity contribution is 0.101. The number of amides is 1. The first-order chi connectivity index (χ1) is 9.85. The molecule has 1 aromatic carbocycles. The van der Waals surface area contributed by atoms with Gasteiger partial charge in [-0.2, -0.15) is 5.10 Å². The second-order valence-electron chi connectivity index (χ2n) is 4.38. The highest BCUT2D eigenvalue weighted by molar-refractivity contribution is 6.42. The van der Waals surface area contributed by atoms with Gasteiger partial charge in [0, 0.05) is 12.1 Å². The fourth-order valence-corrected chi connectivity index (χ4v) is 2.87. The number of carbonyl (C=O) groups excluding carboxylic acids is 1. The lowest BCUT2D eigenvalue weighted by Crippen LogP contribution is -2.18. The van der Waals surface area contributed by atoms with Gasteiger partial charge in [0.1, 0.15) is 5.69 Å². The molecule has 0 unspecified atom stereocenters. The molecule has 0 spiro atoms. The molecule has 1 amide bonds. The van der Waals surface area contributed by atoms with E-state index in [1.807, 2.05) is 6.92 Å². The Hall–Kier alpha value is -1.43. The molecule has 0 saturated carbocycles. The molecular weight excluding hydrogens is 335 g/mol. The minimum absolute atomic E-state index is 0.248. The summed E-state index contributed by atoms with van der Waals surface area (Å²) in [5.41, 5.74) is 7.49. The number of hydrogen-bond donors (Lipinski definition) is 2. The molecule has 21 heavy (non-hydrogen) atoms. The normalized spacial score (nSPS) is 10.7. The fraction of sp³-hybridized carbons (Fsp3) is 0.231. The third-order valence-electron chi connectivity index (χ3n) is 2.96. The van der Waals surface area contributed by atoms with Crippen LogP contribution in [0.3, 0.4) is 0 Å². The quantitative estimate of drug-likeness (QED) is 0.887. The molecule has 0 radical (unpaired) electrons. The van der Waals surface area contributed by atoms with Gasteiger partial charge in [-0.15, -0.1) is 0 Å². The van der Waals surface area contributed by atoms with Gasteiger partial charge in [0.15, 0.2) is 0 Å². The highest BCUT2D eigenvalue weighted by Crippen LogP contribution is 2.34. The van der Waals surface area contributed by atoms with Crippen LogP contribution in [0, 0.1) is 0 Å². The summed E-state index contributed by atoms with van der Waals surface area (Å²) in [4.78, 5) is 12.4. The van der Waals surface area contributed by atoms with E-state index in [1.54, 1.807) is 7.05 Å². The van der Waals surface area contributed by atoms with Crippen LogP contribution in [-0.4, -0.2) is 15.7 Å². The number of halogens is 3. The second kappa shape index (κ2) is 6.13. The average molecular weight is 348 g/mol. The van der Waals surface area contributed by atoms with E-state index >= 15 is 0 Å². The largest absolute Gasteiger partial charge is 0.395 e. The second-order valence-corrected chi connectivity index (χ2v) is 5.64. The zero-order chi connectivity index (χ0) is 15.7. The zero-order valence-electron chi connectivity index (χ0n) is 11.4.